The second-order valence-electron chi connectivity index (χ2n) is 9.79. The van der Waals surface area contributed by atoms with Crippen LogP contribution in [0.15, 0.2) is 50.2 Å². The lowest BCUT2D eigenvalue weighted by Gasteiger charge is -2.16. The maximum atomic E-state index is 12.9. The Hall–Kier alpha value is -3.24. The highest BCUT2D eigenvalue weighted by Gasteiger charge is 2.27. The maximum Gasteiger partial charge on any atom is 0.321 e. The molecule has 4 aromatic rings. The third-order valence-corrected chi connectivity index (χ3v) is 6.85. The van der Waals surface area contributed by atoms with Gasteiger partial charge in [-0.1, -0.05) is 39.8 Å². The molecule has 1 atom stereocenters. The molecule has 0 saturated carbocycles. The molecule has 34 heavy (non-hydrogen) atoms. The smallest absolute Gasteiger partial charge is 0.321 e. The van der Waals surface area contributed by atoms with Gasteiger partial charge in [0, 0.05) is 27.8 Å². The first kappa shape index (κ1) is 23.9. The van der Waals surface area contributed by atoms with Gasteiger partial charge in [0.2, 0.25) is 21.7 Å². The molecule has 0 bridgehead atoms. The zero-order valence-electron chi connectivity index (χ0n) is 19.6. The highest BCUT2D eigenvalue weighted by atomic mass is 32.2. The van der Waals surface area contributed by atoms with Gasteiger partial charge in [0.1, 0.15) is 17.2 Å². The van der Waals surface area contributed by atoms with E-state index in [-0.39, 0.29) is 22.6 Å². The first-order valence-corrected chi connectivity index (χ1v) is 12.4. The Balaban J connectivity index is 1.70. The highest BCUT2D eigenvalue weighted by molar-refractivity contribution is 7.89. The molecule has 0 saturated heterocycles. The van der Waals surface area contributed by atoms with Crippen LogP contribution in [0.25, 0.3) is 33.3 Å². The van der Waals surface area contributed by atoms with E-state index in [0.717, 1.165) is 10.9 Å². The number of fused-ring (bicyclic) bond motifs is 3. The molecule has 2 heterocycles. The molecule has 180 valence electrons. The second-order valence-corrected chi connectivity index (χ2v) is 11.5. The Bertz CT molecular complexity index is 1480. The average Bonchev–Trinajstić information content (AvgIpc) is 3.36. The van der Waals surface area contributed by atoms with Crippen molar-refractivity contribution < 1.29 is 27.3 Å². The Kier molecular flexibility index (Phi) is 5.99. The largest absolute Gasteiger partial charge is 0.480 e. The molecule has 0 aliphatic rings. The fourth-order valence-electron chi connectivity index (χ4n) is 3.64. The van der Waals surface area contributed by atoms with Gasteiger partial charge in [-0.2, -0.15) is 9.71 Å². The predicted octanol–water partition coefficient (Wildman–Crippen LogP) is 4.71. The predicted molar refractivity (Wildman–Crippen MR) is 127 cm³/mol. The number of carboxylic acid groups (broad SMARTS) is 1. The minimum absolute atomic E-state index is 0.00883. The van der Waals surface area contributed by atoms with E-state index in [2.05, 4.69) is 14.9 Å². The Morgan fingerprint density at radius 1 is 1.09 bits per heavy atom. The number of aromatic nitrogens is 2. The van der Waals surface area contributed by atoms with E-state index in [9.17, 15) is 18.3 Å². The van der Waals surface area contributed by atoms with Crippen molar-refractivity contribution in [1.29, 1.82) is 0 Å². The van der Waals surface area contributed by atoms with E-state index in [4.69, 9.17) is 8.94 Å². The van der Waals surface area contributed by atoms with Gasteiger partial charge in [-0.15, -0.1) is 0 Å². The molecule has 2 aromatic heterocycles. The molecule has 0 amide bonds. The number of hydrogen-bond acceptors (Lipinski definition) is 7. The summed E-state index contributed by atoms with van der Waals surface area (Å²) in [6.07, 6.45) is 0.178. The van der Waals surface area contributed by atoms with Gasteiger partial charge >= 0.3 is 5.97 Å². The molecular formula is C24H27N3O6S. The molecule has 2 aromatic carbocycles. The lowest BCUT2D eigenvalue weighted by atomic mass is 9.97. The number of furan rings is 1. The first-order chi connectivity index (χ1) is 15.8. The van der Waals surface area contributed by atoms with Crippen molar-refractivity contribution >= 4 is 37.9 Å². The van der Waals surface area contributed by atoms with E-state index in [1.807, 2.05) is 46.8 Å². The molecule has 0 aliphatic carbocycles. The zero-order valence-corrected chi connectivity index (χ0v) is 20.4. The summed E-state index contributed by atoms with van der Waals surface area (Å²) < 4.78 is 39.3. The summed E-state index contributed by atoms with van der Waals surface area (Å²) in [5, 5.41) is 15.0. The summed E-state index contributed by atoms with van der Waals surface area (Å²) in [6, 6.07) is 8.72. The summed E-state index contributed by atoms with van der Waals surface area (Å²) in [5.41, 5.74) is 1.41. The Morgan fingerprint density at radius 3 is 2.44 bits per heavy atom. The number of nitrogens with one attached hydrogen (secondary N) is 1. The molecule has 9 nitrogen and oxygen atoms in total. The van der Waals surface area contributed by atoms with E-state index in [1.165, 1.54) is 12.1 Å². The van der Waals surface area contributed by atoms with E-state index < -0.39 is 22.0 Å². The van der Waals surface area contributed by atoms with E-state index >= 15 is 0 Å². The number of carbonyl (C=O) groups is 1. The molecule has 2 N–H and O–H groups in total. The monoisotopic (exact) mass is 485 g/mol. The van der Waals surface area contributed by atoms with Crippen LogP contribution in [0.1, 0.15) is 46.9 Å². The number of rotatable bonds is 7. The summed E-state index contributed by atoms with van der Waals surface area (Å²) in [4.78, 5) is 15.9. The van der Waals surface area contributed by atoms with Crippen molar-refractivity contribution in [2.45, 2.75) is 57.4 Å². The number of carboxylic acids is 1. The minimum atomic E-state index is -4.06. The van der Waals surface area contributed by atoms with Crippen molar-refractivity contribution in [3.05, 3.63) is 42.3 Å². The van der Waals surface area contributed by atoms with E-state index in [1.54, 1.807) is 12.1 Å². The summed E-state index contributed by atoms with van der Waals surface area (Å²) in [6.45, 7) is 9.62. The number of aliphatic carboxylic acids is 1. The van der Waals surface area contributed by atoms with Crippen molar-refractivity contribution in [2.24, 2.45) is 5.92 Å². The van der Waals surface area contributed by atoms with Gasteiger partial charge in [0.15, 0.2) is 0 Å². The van der Waals surface area contributed by atoms with Crippen molar-refractivity contribution in [1.82, 2.24) is 14.9 Å². The van der Waals surface area contributed by atoms with Crippen molar-refractivity contribution in [2.75, 3.05) is 0 Å². The van der Waals surface area contributed by atoms with Crippen molar-refractivity contribution in [3.8, 4) is 11.4 Å². The topological polar surface area (TPSA) is 136 Å². The number of sulfonamides is 1. The molecule has 1 unspecified atom stereocenters. The number of hydrogen-bond donors (Lipinski definition) is 2. The third kappa shape index (κ3) is 4.69. The quantitative estimate of drug-likeness (QED) is 0.384. The second kappa shape index (κ2) is 8.52. The Labute approximate surface area is 197 Å². The first-order valence-electron chi connectivity index (χ1n) is 10.9. The number of benzene rings is 2. The average molecular weight is 486 g/mol. The molecule has 0 radical (unpaired) electrons. The molecule has 4 rings (SSSR count). The number of nitrogens with zero attached hydrogens (tertiary/aromatic N) is 2. The normalized spacial score (nSPS) is 13.7. The molecule has 0 fully saturated rings. The standard InChI is InChI=1S/C24H27N3O6S/c1-13(2)10-18(22(28)29)27-34(30,31)15-7-8-16-17-11-14(6-9-19(17)32-20(16)12-15)21-25-23(33-26-21)24(3,4)5/h6-9,11-13,18,27H,10H2,1-5H3,(H,28,29). The van der Waals surface area contributed by atoms with Gasteiger partial charge in [-0.3, -0.25) is 4.79 Å². The SMILES string of the molecule is CC(C)CC(NS(=O)(=O)c1ccc2c(c1)oc1ccc(-c3noc(C(C)(C)C)n3)cc12)C(=O)O. The lowest BCUT2D eigenvalue weighted by molar-refractivity contribution is -0.139. The van der Waals surface area contributed by atoms with Crippen LogP contribution in [0.2, 0.25) is 0 Å². The maximum absolute atomic E-state index is 12.9. The van der Waals surface area contributed by atoms with Gasteiger partial charge in [0.05, 0.1) is 4.90 Å². The van der Waals surface area contributed by atoms with Crippen LogP contribution >= 0.6 is 0 Å². The van der Waals surface area contributed by atoms with Crippen molar-refractivity contribution in [3.63, 3.8) is 0 Å². The van der Waals surface area contributed by atoms with E-state index in [0.29, 0.717) is 28.3 Å². The fourth-order valence-corrected chi connectivity index (χ4v) is 4.85. The van der Waals surface area contributed by atoms with Crippen LogP contribution in [-0.4, -0.2) is 35.7 Å². The van der Waals surface area contributed by atoms with Crippen LogP contribution in [-0.2, 0) is 20.2 Å². The molecule has 0 aliphatic heterocycles. The molecule has 10 heteroatoms. The van der Waals surface area contributed by atoms with Crippen LogP contribution in [0.3, 0.4) is 0 Å². The molecular weight excluding hydrogens is 458 g/mol. The fraction of sp³-hybridized carbons (Fsp3) is 0.375. The summed E-state index contributed by atoms with van der Waals surface area (Å²) in [5.74, 6) is -0.228. The van der Waals surface area contributed by atoms with Crippen LogP contribution in [0.5, 0.6) is 0 Å². The lowest BCUT2D eigenvalue weighted by Crippen LogP contribution is -2.41. The van der Waals surface area contributed by atoms with Gasteiger partial charge in [-0.05, 0) is 42.7 Å². The van der Waals surface area contributed by atoms with Gasteiger partial charge < -0.3 is 14.0 Å². The minimum Gasteiger partial charge on any atom is -0.480 e. The summed E-state index contributed by atoms with van der Waals surface area (Å²) >= 11 is 0. The Morgan fingerprint density at radius 2 is 1.82 bits per heavy atom. The zero-order chi connectivity index (χ0) is 24.8. The van der Waals surface area contributed by atoms with Crippen LogP contribution in [0, 0.1) is 5.92 Å². The molecule has 0 spiro atoms. The van der Waals surface area contributed by atoms with Gasteiger partial charge in [0.25, 0.3) is 0 Å². The van der Waals surface area contributed by atoms with Crippen LogP contribution < -0.4 is 4.72 Å². The van der Waals surface area contributed by atoms with Gasteiger partial charge in [-0.25, -0.2) is 8.42 Å². The highest BCUT2D eigenvalue weighted by Crippen LogP contribution is 2.33. The van der Waals surface area contributed by atoms with Crippen LogP contribution in [0.4, 0.5) is 0 Å². The summed E-state index contributed by atoms with van der Waals surface area (Å²) in [7, 11) is -4.06. The third-order valence-electron chi connectivity index (χ3n) is 5.38.